The number of nitrogens with zero attached hydrogens (tertiary/aromatic N) is 3. The third-order valence-corrected chi connectivity index (χ3v) is 1.14. The highest BCUT2D eigenvalue weighted by atomic mass is 16.1. The second-order valence-corrected chi connectivity index (χ2v) is 2.24. The second-order valence-electron chi connectivity index (χ2n) is 2.24. The molecule has 0 fully saturated rings. The highest BCUT2D eigenvalue weighted by Crippen LogP contribution is 1.85. The first-order valence-electron chi connectivity index (χ1n) is 3.27. The largest absolute Gasteiger partial charge is 0.349 e. The maximum atomic E-state index is 10.5. The maximum absolute atomic E-state index is 10.5. The summed E-state index contributed by atoms with van der Waals surface area (Å²) >= 11 is 0. The van der Waals surface area contributed by atoms with E-state index in [-0.39, 0.29) is 5.91 Å². The number of amides is 1. The summed E-state index contributed by atoms with van der Waals surface area (Å²) in [5.41, 5.74) is 0. The molecular weight excluding hydrogens is 144 g/mol. The van der Waals surface area contributed by atoms with Gasteiger partial charge in [0.1, 0.15) is 6.33 Å². The lowest BCUT2D eigenvalue weighted by Gasteiger charge is -1.94. The molecule has 0 aromatic carbocycles. The molecule has 1 rings (SSSR count). The fraction of sp³-hybridized carbons (Fsp3) is 0.500. The minimum atomic E-state index is -0.0718. The fourth-order valence-corrected chi connectivity index (χ4v) is 0.668. The lowest BCUT2D eigenvalue weighted by atomic mass is 10.6. The van der Waals surface area contributed by atoms with E-state index in [0.717, 1.165) is 0 Å². The summed E-state index contributed by atoms with van der Waals surface area (Å²) in [6.45, 7) is 1.86. The molecule has 11 heavy (non-hydrogen) atoms. The molecule has 1 heterocycles. The summed E-state index contributed by atoms with van der Waals surface area (Å²) in [6, 6.07) is 0. The third-order valence-electron chi connectivity index (χ3n) is 1.14. The Morgan fingerprint density at radius 3 is 3.00 bits per heavy atom. The summed E-state index contributed by atoms with van der Waals surface area (Å²) in [6.07, 6.45) is 1.59. The number of carbonyl (C=O) groups excluding carboxylic acids is 1. The molecular formula is C6H10N4O. The monoisotopic (exact) mass is 154 g/mol. The zero-order chi connectivity index (χ0) is 8.27. The summed E-state index contributed by atoms with van der Waals surface area (Å²) < 4.78 is 1.59. The minimum Gasteiger partial charge on any atom is -0.349 e. The van der Waals surface area contributed by atoms with Crippen molar-refractivity contribution in [3.8, 4) is 0 Å². The predicted octanol–water partition coefficient (Wildman–Crippen LogP) is -0.549. The van der Waals surface area contributed by atoms with E-state index in [1.54, 1.807) is 18.1 Å². The van der Waals surface area contributed by atoms with E-state index in [1.165, 1.54) is 6.92 Å². The molecule has 5 heteroatoms. The molecule has 0 aliphatic carbocycles. The van der Waals surface area contributed by atoms with Crippen LogP contribution in [0.2, 0.25) is 0 Å². The second kappa shape index (κ2) is 3.14. The number of aromatic nitrogens is 3. The molecule has 0 unspecified atom stereocenters. The van der Waals surface area contributed by atoms with E-state index in [4.69, 9.17) is 0 Å². The van der Waals surface area contributed by atoms with Gasteiger partial charge >= 0.3 is 0 Å². The van der Waals surface area contributed by atoms with Crippen LogP contribution in [0, 0.1) is 0 Å². The molecule has 0 saturated heterocycles. The SMILES string of the molecule is CC(=O)NCc1ncn(C)n1. The minimum absolute atomic E-state index is 0.0718. The lowest BCUT2D eigenvalue weighted by molar-refractivity contribution is -0.119. The van der Waals surface area contributed by atoms with Gasteiger partial charge in [0.25, 0.3) is 0 Å². The van der Waals surface area contributed by atoms with Gasteiger partial charge in [0.05, 0.1) is 6.54 Å². The van der Waals surface area contributed by atoms with E-state index in [9.17, 15) is 4.79 Å². The van der Waals surface area contributed by atoms with Crippen molar-refractivity contribution in [2.45, 2.75) is 13.5 Å². The van der Waals surface area contributed by atoms with E-state index in [0.29, 0.717) is 12.4 Å². The van der Waals surface area contributed by atoms with Crippen LogP contribution in [0.1, 0.15) is 12.7 Å². The van der Waals surface area contributed by atoms with Gasteiger partial charge in [0, 0.05) is 14.0 Å². The van der Waals surface area contributed by atoms with Crippen LogP contribution in [0.4, 0.5) is 0 Å². The molecule has 1 aromatic heterocycles. The maximum Gasteiger partial charge on any atom is 0.217 e. The highest BCUT2D eigenvalue weighted by molar-refractivity contribution is 5.72. The van der Waals surface area contributed by atoms with Crippen molar-refractivity contribution >= 4 is 5.91 Å². The van der Waals surface area contributed by atoms with Crippen LogP contribution in [-0.4, -0.2) is 20.7 Å². The first-order chi connectivity index (χ1) is 5.18. The van der Waals surface area contributed by atoms with Gasteiger partial charge in [0.2, 0.25) is 5.91 Å². The Morgan fingerprint density at radius 2 is 2.55 bits per heavy atom. The van der Waals surface area contributed by atoms with E-state index >= 15 is 0 Å². The molecule has 1 amide bonds. The number of hydrogen-bond donors (Lipinski definition) is 1. The van der Waals surface area contributed by atoms with Gasteiger partial charge in [-0.1, -0.05) is 0 Å². The van der Waals surface area contributed by atoms with Crippen molar-refractivity contribution in [2.24, 2.45) is 7.05 Å². The Bertz CT molecular complexity index is 255. The highest BCUT2D eigenvalue weighted by Gasteiger charge is 1.97. The molecule has 1 N–H and O–H groups in total. The van der Waals surface area contributed by atoms with Gasteiger partial charge < -0.3 is 5.32 Å². The summed E-state index contributed by atoms with van der Waals surface area (Å²) in [4.78, 5) is 14.4. The molecule has 5 nitrogen and oxygen atoms in total. The van der Waals surface area contributed by atoms with Gasteiger partial charge in [-0.3, -0.25) is 9.48 Å². The van der Waals surface area contributed by atoms with Gasteiger partial charge in [-0.15, -0.1) is 0 Å². The molecule has 0 saturated carbocycles. The Morgan fingerprint density at radius 1 is 1.82 bits per heavy atom. The summed E-state index contributed by atoms with van der Waals surface area (Å²) in [5, 5.41) is 6.57. The topological polar surface area (TPSA) is 59.8 Å². The standard InChI is InChI=1S/C6H10N4O/c1-5(11)7-3-6-8-4-10(2)9-6/h4H,3H2,1-2H3,(H,7,11). The summed E-state index contributed by atoms with van der Waals surface area (Å²) in [5.74, 6) is 0.556. The Hall–Kier alpha value is -1.39. The van der Waals surface area contributed by atoms with Crippen LogP contribution < -0.4 is 5.32 Å². The van der Waals surface area contributed by atoms with E-state index in [1.807, 2.05) is 0 Å². The average molecular weight is 154 g/mol. The Kier molecular flexibility index (Phi) is 2.20. The average Bonchev–Trinajstić information content (AvgIpc) is 2.31. The molecule has 0 atom stereocenters. The molecule has 1 aromatic rings. The van der Waals surface area contributed by atoms with Crippen LogP contribution in [0.25, 0.3) is 0 Å². The number of carbonyl (C=O) groups is 1. The molecule has 60 valence electrons. The third kappa shape index (κ3) is 2.37. The zero-order valence-corrected chi connectivity index (χ0v) is 6.53. The molecule has 0 aliphatic rings. The van der Waals surface area contributed by atoms with Crippen molar-refractivity contribution in [3.05, 3.63) is 12.2 Å². The van der Waals surface area contributed by atoms with Crippen molar-refractivity contribution in [1.82, 2.24) is 20.1 Å². The van der Waals surface area contributed by atoms with Crippen molar-refractivity contribution < 1.29 is 4.79 Å². The smallest absolute Gasteiger partial charge is 0.217 e. The number of hydrogen-bond acceptors (Lipinski definition) is 3. The van der Waals surface area contributed by atoms with Gasteiger partial charge in [-0.2, -0.15) is 5.10 Å². The molecule has 0 radical (unpaired) electrons. The lowest BCUT2D eigenvalue weighted by Crippen LogP contribution is -2.19. The Labute approximate surface area is 64.4 Å². The van der Waals surface area contributed by atoms with E-state index < -0.39 is 0 Å². The predicted molar refractivity (Wildman–Crippen MR) is 38.5 cm³/mol. The number of nitrogens with one attached hydrogen (secondary N) is 1. The number of rotatable bonds is 2. The van der Waals surface area contributed by atoms with Gasteiger partial charge in [-0.05, 0) is 0 Å². The first-order valence-corrected chi connectivity index (χ1v) is 3.27. The van der Waals surface area contributed by atoms with Gasteiger partial charge in [-0.25, -0.2) is 4.98 Å². The Balaban J connectivity index is 2.45. The fourth-order valence-electron chi connectivity index (χ4n) is 0.668. The van der Waals surface area contributed by atoms with Gasteiger partial charge in [0.15, 0.2) is 5.82 Å². The quantitative estimate of drug-likeness (QED) is 0.621. The van der Waals surface area contributed by atoms with Crippen LogP contribution in [0.5, 0.6) is 0 Å². The zero-order valence-electron chi connectivity index (χ0n) is 6.53. The van der Waals surface area contributed by atoms with Crippen LogP contribution in [-0.2, 0) is 18.4 Å². The van der Waals surface area contributed by atoms with Crippen molar-refractivity contribution in [2.75, 3.05) is 0 Å². The van der Waals surface area contributed by atoms with Crippen LogP contribution in [0.15, 0.2) is 6.33 Å². The van der Waals surface area contributed by atoms with Crippen LogP contribution in [0.3, 0.4) is 0 Å². The number of aryl methyl sites for hydroxylation is 1. The van der Waals surface area contributed by atoms with Crippen molar-refractivity contribution in [1.29, 1.82) is 0 Å². The molecule has 0 spiro atoms. The molecule has 0 bridgehead atoms. The first kappa shape index (κ1) is 7.71. The van der Waals surface area contributed by atoms with Crippen molar-refractivity contribution in [3.63, 3.8) is 0 Å². The van der Waals surface area contributed by atoms with E-state index in [2.05, 4.69) is 15.4 Å². The normalized spacial score (nSPS) is 9.64. The summed E-state index contributed by atoms with van der Waals surface area (Å²) in [7, 11) is 1.78. The molecule has 0 aliphatic heterocycles. The van der Waals surface area contributed by atoms with Crippen LogP contribution >= 0.6 is 0 Å².